The zero-order chi connectivity index (χ0) is 15.9. The normalized spacial score (nSPS) is 10.3. The first-order valence-corrected chi connectivity index (χ1v) is 8.66. The smallest absolute Gasteiger partial charge is 0.252 e. The molecule has 0 aliphatic carbocycles. The molecule has 1 heterocycles. The SMILES string of the molecule is Cc1ccc(NC(=O)CCCNC(=O)c2ccsc2)cc1Br. The third-order valence-electron chi connectivity index (χ3n) is 3.11. The van der Waals surface area contributed by atoms with Crippen LogP contribution in [-0.2, 0) is 4.79 Å². The largest absolute Gasteiger partial charge is 0.352 e. The van der Waals surface area contributed by atoms with Gasteiger partial charge in [-0.15, -0.1) is 0 Å². The molecule has 1 aromatic heterocycles. The van der Waals surface area contributed by atoms with Crippen LogP contribution >= 0.6 is 27.3 Å². The third-order valence-corrected chi connectivity index (χ3v) is 4.64. The second-order valence-electron chi connectivity index (χ2n) is 4.88. The van der Waals surface area contributed by atoms with Crippen molar-refractivity contribution < 1.29 is 9.59 Å². The highest BCUT2D eigenvalue weighted by molar-refractivity contribution is 9.10. The molecule has 4 nitrogen and oxygen atoms in total. The number of hydrogen-bond donors (Lipinski definition) is 2. The number of thiophene rings is 1. The Kier molecular flexibility index (Phi) is 6.15. The van der Waals surface area contributed by atoms with E-state index in [2.05, 4.69) is 26.6 Å². The number of benzene rings is 1. The summed E-state index contributed by atoms with van der Waals surface area (Å²) in [7, 11) is 0. The predicted molar refractivity (Wildman–Crippen MR) is 93.4 cm³/mol. The van der Waals surface area contributed by atoms with Crippen molar-refractivity contribution >= 4 is 44.8 Å². The molecule has 2 aromatic rings. The summed E-state index contributed by atoms with van der Waals surface area (Å²) in [6.45, 7) is 2.48. The van der Waals surface area contributed by atoms with E-state index in [1.165, 1.54) is 11.3 Å². The van der Waals surface area contributed by atoms with E-state index in [1.807, 2.05) is 30.5 Å². The van der Waals surface area contributed by atoms with Crippen LogP contribution in [0.1, 0.15) is 28.8 Å². The van der Waals surface area contributed by atoms with Gasteiger partial charge in [0.2, 0.25) is 5.91 Å². The lowest BCUT2D eigenvalue weighted by Crippen LogP contribution is -2.25. The van der Waals surface area contributed by atoms with Crippen LogP contribution in [-0.4, -0.2) is 18.4 Å². The fourth-order valence-corrected chi connectivity index (χ4v) is 2.86. The van der Waals surface area contributed by atoms with Crippen molar-refractivity contribution in [2.24, 2.45) is 0 Å². The van der Waals surface area contributed by atoms with E-state index in [1.54, 1.807) is 11.4 Å². The number of halogens is 1. The minimum absolute atomic E-state index is 0.0551. The molecule has 22 heavy (non-hydrogen) atoms. The topological polar surface area (TPSA) is 58.2 Å². The van der Waals surface area contributed by atoms with Gasteiger partial charge in [0.15, 0.2) is 0 Å². The molecule has 1 aromatic carbocycles. The monoisotopic (exact) mass is 380 g/mol. The fraction of sp³-hybridized carbons (Fsp3) is 0.250. The summed E-state index contributed by atoms with van der Waals surface area (Å²) >= 11 is 4.92. The summed E-state index contributed by atoms with van der Waals surface area (Å²) in [5.74, 6) is -0.148. The van der Waals surface area contributed by atoms with Gasteiger partial charge in [-0.1, -0.05) is 22.0 Å². The van der Waals surface area contributed by atoms with E-state index < -0.39 is 0 Å². The number of carbonyl (C=O) groups excluding carboxylic acids is 2. The maximum atomic E-state index is 11.8. The van der Waals surface area contributed by atoms with Crippen LogP contribution in [0.15, 0.2) is 39.5 Å². The average molecular weight is 381 g/mol. The zero-order valence-corrected chi connectivity index (χ0v) is 14.6. The number of amides is 2. The highest BCUT2D eigenvalue weighted by Crippen LogP contribution is 2.20. The molecule has 0 saturated carbocycles. The standard InChI is InChI=1S/C16H17BrN2O2S/c1-11-4-5-13(9-14(11)17)19-15(20)3-2-7-18-16(21)12-6-8-22-10-12/h4-6,8-10H,2-3,7H2,1H3,(H,18,21)(H,19,20). The first-order chi connectivity index (χ1) is 10.6. The molecule has 2 N–H and O–H groups in total. The lowest BCUT2D eigenvalue weighted by Gasteiger charge is -2.07. The van der Waals surface area contributed by atoms with Gasteiger partial charge < -0.3 is 10.6 Å². The lowest BCUT2D eigenvalue weighted by atomic mass is 10.2. The number of aryl methyl sites for hydroxylation is 1. The van der Waals surface area contributed by atoms with Crippen molar-refractivity contribution in [1.29, 1.82) is 0 Å². The van der Waals surface area contributed by atoms with Crippen LogP contribution in [0.25, 0.3) is 0 Å². The molecule has 0 aliphatic rings. The molecule has 2 rings (SSSR count). The molecule has 0 bridgehead atoms. The van der Waals surface area contributed by atoms with E-state index in [4.69, 9.17) is 0 Å². The van der Waals surface area contributed by atoms with Crippen LogP contribution in [0, 0.1) is 6.92 Å². The van der Waals surface area contributed by atoms with Crippen molar-refractivity contribution in [3.8, 4) is 0 Å². The molecule has 0 spiro atoms. The van der Waals surface area contributed by atoms with Gasteiger partial charge in [0, 0.05) is 34.1 Å². The molecule has 0 atom stereocenters. The van der Waals surface area contributed by atoms with E-state index in [0.29, 0.717) is 24.9 Å². The summed E-state index contributed by atoms with van der Waals surface area (Å²) < 4.78 is 0.966. The summed E-state index contributed by atoms with van der Waals surface area (Å²) in [6.07, 6.45) is 0.976. The van der Waals surface area contributed by atoms with E-state index in [0.717, 1.165) is 15.7 Å². The highest BCUT2D eigenvalue weighted by Gasteiger charge is 2.06. The summed E-state index contributed by atoms with van der Waals surface area (Å²) in [4.78, 5) is 23.5. The van der Waals surface area contributed by atoms with Crippen molar-refractivity contribution in [2.45, 2.75) is 19.8 Å². The van der Waals surface area contributed by atoms with Gasteiger partial charge in [-0.05, 0) is 42.5 Å². The van der Waals surface area contributed by atoms with Gasteiger partial charge in [0.1, 0.15) is 0 Å². The quantitative estimate of drug-likeness (QED) is 0.744. The Morgan fingerprint density at radius 2 is 2.09 bits per heavy atom. The Bertz CT molecular complexity index is 656. The molecular formula is C16H17BrN2O2S. The molecular weight excluding hydrogens is 364 g/mol. The zero-order valence-electron chi connectivity index (χ0n) is 12.2. The Morgan fingerprint density at radius 3 is 2.77 bits per heavy atom. The van der Waals surface area contributed by atoms with E-state index in [-0.39, 0.29) is 11.8 Å². The predicted octanol–water partition coefficient (Wildman–Crippen LogP) is 3.97. The maximum absolute atomic E-state index is 11.8. The van der Waals surface area contributed by atoms with Crippen molar-refractivity contribution in [3.63, 3.8) is 0 Å². The fourth-order valence-electron chi connectivity index (χ4n) is 1.84. The summed E-state index contributed by atoms with van der Waals surface area (Å²) in [6, 6.07) is 7.48. The van der Waals surface area contributed by atoms with E-state index in [9.17, 15) is 9.59 Å². The highest BCUT2D eigenvalue weighted by atomic mass is 79.9. The average Bonchev–Trinajstić information content (AvgIpc) is 3.01. The van der Waals surface area contributed by atoms with Gasteiger partial charge in [0.05, 0.1) is 0 Å². The summed E-state index contributed by atoms with van der Waals surface area (Å²) in [5, 5.41) is 9.31. The Morgan fingerprint density at radius 1 is 1.27 bits per heavy atom. The lowest BCUT2D eigenvalue weighted by molar-refractivity contribution is -0.116. The minimum atomic E-state index is -0.0934. The van der Waals surface area contributed by atoms with Crippen molar-refractivity contribution in [3.05, 3.63) is 50.6 Å². The maximum Gasteiger partial charge on any atom is 0.252 e. The van der Waals surface area contributed by atoms with Crippen LogP contribution < -0.4 is 10.6 Å². The van der Waals surface area contributed by atoms with Crippen LogP contribution in [0.2, 0.25) is 0 Å². The number of rotatable bonds is 6. The van der Waals surface area contributed by atoms with Gasteiger partial charge in [-0.2, -0.15) is 11.3 Å². The Balaban J connectivity index is 1.69. The third kappa shape index (κ3) is 4.96. The Labute approximate surface area is 142 Å². The number of carbonyl (C=O) groups is 2. The van der Waals surface area contributed by atoms with Crippen LogP contribution in [0.5, 0.6) is 0 Å². The number of anilines is 1. The number of nitrogens with one attached hydrogen (secondary N) is 2. The van der Waals surface area contributed by atoms with Gasteiger partial charge >= 0.3 is 0 Å². The number of hydrogen-bond acceptors (Lipinski definition) is 3. The first-order valence-electron chi connectivity index (χ1n) is 6.92. The second kappa shape index (κ2) is 8.10. The second-order valence-corrected chi connectivity index (χ2v) is 6.52. The molecule has 0 unspecified atom stereocenters. The molecule has 0 radical (unpaired) electrons. The van der Waals surface area contributed by atoms with Crippen molar-refractivity contribution in [1.82, 2.24) is 5.32 Å². The van der Waals surface area contributed by atoms with Gasteiger partial charge in [0.25, 0.3) is 5.91 Å². The van der Waals surface area contributed by atoms with Gasteiger partial charge in [-0.25, -0.2) is 0 Å². The van der Waals surface area contributed by atoms with Crippen molar-refractivity contribution in [2.75, 3.05) is 11.9 Å². The molecule has 2 amide bonds. The van der Waals surface area contributed by atoms with Crippen LogP contribution in [0.3, 0.4) is 0 Å². The summed E-state index contributed by atoms with van der Waals surface area (Å²) in [5.41, 5.74) is 2.55. The van der Waals surface area contributed by atoms with E-state index >= 15 is 0 Å². The molecule has 6 heteroatoms. The molecule has 116 valence electrons. The first kappa shape index (κ1) is 16.7. The Hall–Kier alpha value is -1.66. The minimum Gasteiger partial charge on any atom is -0.352 e. The van der Waals surface area contributed by atoms with Crippen LogP contribution in [0.4, 0.5) is 5.69 Å². The molecule has 0 aliphatic heterocycles. The molecule has 0 fully saturated rings. The molecule has 0 saturated heterocycles. The van der Waals surface area contributed by atoms with Gasteiger partial charge in [-0.3, -0.25) is 9.59 Å².